The minimum Gasteiger partial charge on any atom is -0.388 e. The second-order valence-corrected chi connectivity index (χ2v) is 8.28. The summed E-state index contributed by atoms with van der Waals surface area (Å²) in [7, 11) is 1.64. The van der Waals surface area contributed by atoms with E-state index in [4.69, 9.17) is 9.47 Å². The number of aliphatic hydroxyl groups excluding tert-OH is 3. The average Bonchev–Trinajstić information content (AvgIpc) is 2.64. The van der Waals surface area contributed by atoms with Crippen LogP contribution in [0.3, 0.4) is 0 Å². The summed E-state index contributed by atoms with van der Waals surface area (Å²) in [5, 5.41) is 36.8. The van der Waals surface area contributed by atoms with Gasteiger partial charge in [0.1, 0.15) is 29.9 Å². The Kier molecular flexibility index (Phi) is 8.14. The van der Waals surface area contributed by atoms with Crippen molar-refractivity contribution >= 4 is 17.7 Å². The smallest absolute Gasteiger partial charge is 0.237 e. The molecule has 5 N–H and O–H groups in total. The van der Waals surface area contributed by atoms with E-state index in [2.05, 4.69) is 10.6 Å². The second kappa shape index (κ2) is 9.68. The molecule has 2 saturated heterocycles. The van der Waals surface area contributed by atoms with E-state index in [1.54, 1.807) is 13.4 Å². The molecule has 8 nitrogen and oxygen atoms in total. The molecule has 2 heterocycles. The van der Waals surface area contributed by atoms with E-state index >= 15 is 0 Å². The average molecular weight is 393 g/mol. The van der Waals surface area contributed by atoms with E-state index in [9.17, 15) is 20.1 Å². The van der Waals surface area contributed by atoms with Gasteiger partial charge in [0.05, 0.1) is 18.2 Å². The van der Waals surface area contributed by atoms with E-state index in [0.717, 1.165) is 6.42 Å². The molecule has 152 valence electrons. The Balaban J connectivity index is 2.09. The van der Waals surface area contributed by atoms with E-state index in [1.165, 1.54) is 11.8 Å². The Morgan fingerprint density at radius 1 is 1.27 bits per heavy atom. The minimum atomic E-state index is -1.32. The molecule has 8 unspecified atom stereocenters. The van der Waals surface area contributed by atoms with Crippen LogP contribution in [0.25, 0.3) is 0 Å². The van der Waals surface area contributed by atoms with Crippen LogP contribution >= 0.6 is 11.8 Å². The molecular weight excluding hydrogens is 360 g/mol. The van der Waals surface area contributed by atoms with Crippen LogP contribution < -0.4 is 10.6 Å². The number of methoxy groups -OCH3 is 1. The van der Waals surface area contributed by atoms with Gasteiger partial charge in [-0.15, -0.1) is 11.8 Å². The van der Waals surface area contributed by atoms with E-state index in [-0.39, 0.29) is 24.0 Å². The third-order valence-electron chi connectivity index (χ3n) is 5.23. The van der Waals surface area contributed by atoms with Crippen molar-refractivity contribution in [3.63, 3.8) is 0 Å². The summed E-state index contributed by atoms with van der Waals surface area (Å²) in [6.45, 7) is 4.53. The molecule has 0 aromatic carbocycles. The Morgan fingerprint density at radius 2 is 1.96 bits per heavy atom. The van der Waals surface area contributed by atoms with Gasteiger partial charge in [0.2, 0.25) is 5.91 Å². The van der Waals surface area contributed by atoms with Gasteiger partial charge in [-0.1, -0.05) is 13.8 Å². The molecule has 0 aromatic heterocycles. The molecule has 1 amide bonds. The number of rotatable bonds is 6. The van der Waals surface area contributed by atoms with Crippen molar-refractivity contribution in [2.75, 3.05) is 19.9 Å². The van der Waals surface area contributed by atoms with Crippen LogP contribution in [-0.4, -0.2) is 89.2 Å². The SMILES string of the molecule is COC1CCNC(C(=O)NC(C(C)C)C2OC(SC)C(O)C(O)C2O)C1. The molecule has 2 fully saturated rings. The minimum absolute atomic E-state index is 0.0367. The summed E-state index contributed by atoms with van der Waals surface area (Å²) >= 11 is 1.26. The first-order valence-corrected chi connectivity index (χ1v) is 10.4. The fourth-order valence-electron chi connectivity index (χ4n) is 3.55. The number of thioether (sulfide) groups is 1. The van der Waals surface area contributed by atoms with Crippen molar-refractivity contribution in [3.8, 4) is 0 Å². The Labute approximate surface area is 159 Å². The van der Waals surface area contributed by atoms with Crippen LogP contribution in [0.4, 0.5) is 0 Å². The van der Waals surface area contributed by atoms with Crippen LogP contribution in [0.1, 0.15) is 26.7 Å². The van der Waals surface area contributed by atoms with Gasteiger partial charge in [0.15, 0.2) is 0 Å². The highest BCUT2D eigenvalue weighted by Gasteiger charge is 2.47. The molecule has 0 radical (unpaired) electrons. The van der Waals surface area contributed by atoms with Crippen molar-refractivity contribution in [3.05, 3.63) is 0 Å². The largest absolute Gasteiger partial charge is 0.388 e. The molecule has 0 bridgehead atoms. The van der Waals surface area contributed by atoms with Crippen molar-refractivity contribution in [2.24, 2.45) is 5.92 Å². The normalized spacial score (nSPS) is 39.6. The summed E-state index contributed by atoms with van der Waals surface area (Å²) in [4.78, 5) is 12.7. The van der Waals surface area contributed by atoms with E-state index in [1.807, 2.05) is 13.8 Å². The summed E-state index contributed by atoms with van der Waals surface area (Å²) in [6, 6.07) is -0.874. The number of ether oxygens (including phenoxy) is 2. The predicted molar refractivity (Wildman–Crippen MR) is 98.8 cm³/mol. The van der Waals surface area contributed by atoms with Gasteiger partial charge < -0.3 is 35.4 Å². The Bertz CT molecular complexity index is 467. The lowest BCUT2D eigenvalue weighted by atomic mass is 9.88. The predicted octanol–water partition coefficient (Wildman–Crippen LogP) is -0.935. The number of hydrogen-bond donors (Lipinski definition) is 5. The third kappa shape index (κ3) is 4.89. The lowest BCUT2D eigenvalue weighted by Crippen LogP contribution is -2.65. The Morgan fingerprint density at radius 3 is 2.54 bits per heavy atom. The lowest BCUT2D eigenvalue weighted by Gasteiger charge is -2.44. The lowest BCUT2D eigenvalue weighted by molar-refractivity contribution is -0.208. The molecule has 0 aliphatic carbocycles. The van der Waals surface area contributed by atoms with Crippen molar-refractivity contribution in [1.82, 2.24) is 10.6 Å². The standard InChI is InChI=1S/C17H32N2O6S/c1-8(2)11(15-13(21)12(20)14(22)17(25-15)26-4)19-16(23)10-7-9(24-3)5-6-18-10/h8-15,17-18,20-22H,5-7H2,1-4H3,(H,19,23). The maximum atomic E-state index is 12.7. The molecule has 0 aromatic rings. The summed E-state index contributed by atoms with van der Waals surface area (Å²) in [5.41, 5.74) is -0.665. The molecule has 0 saturated carbocycles. The number of aliphatic hydroxyl groups is 3. The quantitative estimate of drug-likeness (QED) is 0.393. The van der Waals surface area contributed by atoms with Crippen molar-refractivity contribution < 1.29 is 29.6 Å². The Hall–Kier alpha value is -0.420. The molecule has 2 rings (SSSR count). The maximum Gasteiger partial charge on any atom is 0.237 e. The van der Waals surface area contributed by atoms with Crippen LogP contribution in [0.15, 0.2) is 0 Å². The van der Waals surface area contributed by atoms with Crippen LogP contribution in [0.2, 0.25) is 0 Å². The molecule has 2 aliphatic rings. The first-order valence-electron chi connectivity index (χ1n) is 9.09. The fraction of sp³-hybridized carbons (Fsp3) is 0.941. The summed E-state index contributed by atoms with van der Waals surface area (Å²) in [5.74, 6) is -0.215. The van der Waals surface area contributed by atoms with Crippen molar-refractivity contribution in [2.45, 2.75) is 74.7 Å². The van der Waals surface area contributed by atoms with Gasteiger partial charge in [0, 0.05) is 7.11 Å². The fourth-order valence-corrected chi connectivity index (χ4v) is 4.23. The molecular formula is C17H32N2O6S. The van der Waals surface area contributed by atoms with Gasteiger partial charge in [-0.3, -0.25) is 4.79 Å². The summed E-state index contributed by atoms with van der Waals surface area (Å²) in [6.07, 6.45) is -1.36. The molecule has 26 heavy (non-hydrogen) atoms. The molecule has 0 spiro atoms. The number of amides is 1. The first-order chi connectivity index (χ1) is 12.3. The maximum absolute atomic E-state index is 12.7. The molecule has 9 heteroatoms. The second-order valence-electron chi connectivity index (χ2n) is 7.34. The number of nitrogens with one attached hydrogen (secondary N) is 2. The van der Waals surface area contributed by atoms with Crippen molar-refractivity contribution in [1.29, 1.82) is 0 Å². The van der Waals surface area contributed by atoms with Gasteiger partial charge in [-0.25, -0.2) is 0 Å². The van der Waals surface area contributed by atoms with Gasteiger partial charge in [-0.2, -0.15) is 0 Å². The van der Waals surface area contributed by atoms with Gasteiger partial charge in [-0.05, 0) is 31.6 Å². The number of carbonyl (C=O) groups is 1. The van der Waals surface area contributed by atoms with E-state index < -0.39 is 35.9 Å². The van der Waals surface area contributed by atoms with E-state index in [0.29, 0.717) is 13.0 Å². The molecule has 8 atom stereocenters. The zero-order chi connectivity index (χ0) is 19.4. The number of carbonyl (C=O) groups excluding carboxylic acids is 1. The highest BCUT2D eigenvalue weighted by Crippen LogP contribution is 2.30. The summed E-state index contributed by atoms with van der Waals surface area (Å²) < 4.78 is 11.2. The van der Waals surface area contributed by atoms with Gasteiger partial charge in [0.25, 0.3) is 0 Å². The number of piperidine rings is 1. The first kappa shape index (κ1) is 21.9. The van der Waals surface area contributed by atoms with Crippen LogP contribution in [0.5, 0.6) is 0 Å². The zero-order valence-corrected chi connectivity index (χ0v) is 16.6. The molecule has 2 aliphatic heterocycles. The van der Waals surface area contributed by atoms with Crippen LogP contribution in [-0.2, 0) is 14.3 Å². The van der Waals surface area contributed by atoms with Crippen LogP contribution in [0, 0.1) is 5.92 Å². The zero-order valence-electron chi connectivity index (χ0n) is 15.8. The highest BCUT2D eigenvalue weighted by atomic mass is 32.2. The van der Waals surface area contributed by atoms with Gasteiger partial charge >= 0.3 is 0 Å². The highest BCUT2D eigenvalue weighted by molar-refractivity contribution is 7.99. The monoisotopic (exact) mass is 392 g/mol. The third-order valence-corrected chi connectivity index (χ3v) is 6.08. The topological polar surface area (TPSA) is 120 Å². The number of hydrogen-bond acceptors (Lipinski definition) is 8.